The van der Waals surface area contributed by atoms with E-state index in [0.29, 0.717) is 17.5 Å². The molecule has 132 valence electrons. The summed E-state index contributed by atoms with van der Waals surface area (Å²) in [5.41, 5.74) is 7.19. The second kappa shape index (κ2) is 8.25. The summed E-state index contributed by atoms with van der Waals surface area (Å²) >= 11 is 0. The van der Waals surface area contributed by atoms with Crippen molar-refractivity contribution in [3.05, 3.63) is 71.8 Å². The molecule has 0 bridgehead atoms. The van der Waals surface area contributed by atoms with Crippen molar-refractivity contribution in [1.29, 1.82) is 0 Å². The number of nitrogens with zero attached hydrogens (tertiary/aromatic N) is 3. The van der Waals surface area contributed by atoms with Gasteiger partial charge in [-0.15, -0.1) is 0 Å². The predicted molar refractivity (Wildman–Crippen MR) is 106 cm³/mol. The molecule has 0 aliphatic carbocycles. The van der Waals surface area contributed by atoms with Crippen LogP contribution >= 0.6 is 0 Å². The summed E-state index contributed by atoms with van der Waals surface area (Å²) in [6.45, 7) is 4.11. The zero-order chi connectivity index (χ0) is 18.4. The van der Waals surface area contributed by atoms with Gasteiger partial charge < -0.3 is 4.74 Å². The van der Waals surface area contributed by atoms with E-state index < -0.39 is 0 Å². The average molecular weight is 346 g/mol. The molecule has 5 heteroatoms. The molecule has 0 unspecified atom stereocenters. The number of hydrogen-bond acceptors (Lipinski definition) is 5. The van der Waals surface area contributed by atoms with E-state index >= 15 is 0 Å². The molecule has 5 nitrogen and oxygen atoms in total. The summed E-state index contributed by atoms with van der Waals surface area (Å²) in [5.74, 6) is 1.66. The van der Waals surface area contributed by atoms with Crippen molar-refractivity contribution in [2.45, 2.75) is 20.3 Å². The highest BCUT2D eigenvalue weighted by Gasteiger charge is 2.07. The normalized spacial score (nSPS) is 11.3. The monoisotopic (exact) mass is 346 g/mol. The molecule has 0 atom stereocenters. The van der Waals surface area contributed by atoms with Crippen LogP contribution in [0.4, 0.5) is 5.82 Å². The van der Waals surface area contributed by atoms with Crippen LogP contribution in [0.1, 0.15) is 25.0 Å². The minimum absolute atomic E-state index is 0.488. The first-order valence-electron chi connectivity index (χ1n) is 8.57. The largest absolute Gasteiger partial charge is 0.481 e. The van der Waals surface area contributed by atoms with E-state index in [2.05, 4.69) is 51.7 Å². The van der Waals surface area contributed by atoms with Gasteiger partial charge in [0.1, 0.15) is 0 Å². The lowest BCUT2D eigenvalue weighted by Gasteiger charge is -2.08. The van der Waals surface area contributed by atoms with E-state index in [1.54, 1.807) is 13.2 Å². The van der Waals surface area contributed by atoms with E-state index in [1.807, 2.05) is 37.3 Å². The molecule has 0 saturated heterocycles. The Morgan fingerprint density at radius 3 is 2.42 bits per heavy atom. The van der Waals surface area contributed by atoms with Crippen molar-refractivity contribution < 1.29 is 4.74 Å². The summed E-state index contributed by atoms with van der Waals surface area (Å²) in [4.78, 5) is 8.94. The SMILES string of the molecule is CCc1ccc(/C(C)=N/Nc2cc(OC)nc(-c3ccccc3)n2)cc1. The third kappa shape index (κ3) is 4.25. The summed E-state index contributed by atoms with van der Waals surface area (Å²) < 4.78 is 5.29. The molecule has 0 radical (unpaired) electrons. The highest BCUT2D eigenvalue weighted by molar-refractivity contribution is 5.99. The van der Waals surface area contributed by atoms with E-state index in [-0.39, 0.29) is 0 Å². The van der Waals surface area contributed by atoms with Crippen LogP contribution in [0.5, 0.6) is 5.88 Å². The molecule has 3 aromatic rings. The van der Waals surface area contributed by atoms with Gasteiger partial charge in [0.15, 0.2) is 11.6 Å². The molecule has 0 aliphatic rings. The lowest BCUT2D eigenvalue weighted by molar-refractivity contribution is 0.398. The Hall–Kier alpha value is -3.21. The van der Waals surface area contributed by atoms with Crippen LogP contribution in [0.25, 0.3) is 11.4 Å². The molecule has 3 rings (SSSR count). The van der Waals surface area contributed by atoms with Crippen LogP contribution in [-0.2, 0) is 6.42 Å². The average Bonchev–Trinajstić information content (AvgIpc) is 2.72. The van der Waals surface area contributed by atoms with E-state index in [9.17, 15) is 0 Å². The van der Waals surface area contributed by atoms with Crippen LogP contribution in [0.3, 0.4) is 0 Å². The third-order valence-corrected chi connectivity index (χ3v) is 4.06. The van der Waals surface area contributed by atoms with Gasteiger partial charge in [-0.3, -0.25) is 5.43 Å². The van der Waals surface area contributed by atoms with Gasteiger partial charge in [-0.2, -0.15) is 10.1 Å². The fourth-order valence-corrected chi connectivity index (χ4v) is 2.49. The van der Waals surface area contributed by atoms with Crippen LogP contribution in [0.2, 0.25) is 0 Å². The van der Waals surface area contributed by atoms with Gasteiger partial charge in [-0.1, -0.05) is 61.5 Å². The molecule has 2 aromatic carbocycles. The Balaban J connectivity index is 1.84. The van der Waals surface area contributed by atoms with Gasteiger partial charge >= 0.3 is 0 Å². The Morgan fingerprint density at radius 2 is 1.77 bits per heavy atom. The maximum Gasteiger partial charge on any atom is 0.218 e. The number of methoxy groups -OCH3 is 1. The van der Waals surface area contributed by atoms with Crippen molar-refractivity contribution in [1.82, 2.24) is 9.97 Å². The van der Waals surface area contributed by atoms with Crippen LogP contribution < -0.4 is 10.2 Å². The maximum atomic E-state index is 5.29. The van der Waals surface area contributed by atoms with Crippen LogP contribution in [0.15, 0.2) is 65.8 Å². The minimum atomic E-state index is 0.488. The second-order valence-corrected chi connectivity index (χ2v) is 5.84. The predicted octanol–water partition coefficient (Wildman–Crippen LogP) is 4.55. The first kappa shape index (κ1) is 17.6. The quantitative estimate of drug-likeness (QED) is 0.525. The van der Waals surface area contributed by atoms with E-state index in [0.717, 1.165) is 23.3 Å². The second-order valence-electron chi connectivity index (χ2n) is 5.84. The number of rotatable bonds is 6. The smallest absolute Gasteiger partial charge is 0.218 e. The van der Waals surface area contributed by atoms with Crippen LogP contribution in [-0.4, -0.2) is 22.8 Å². The first-order chi connectivity index (χ1) is 12.7. The minimum Gasteiger partial charge on any atom is -0.481 e. The third-order valence-electron chi connectivity index (χ3n) is 4.06. The number of anilines is 1. The van der Waals surface area contributed by atoms with E-state index in [1.165, 1.54) is 5.56 Å². The number of benzene rings is 2. The number of aryl methyl sites for hydroxylation is 1. The standard InChI is InChI=1S/C21H22N4O/c1-4-16-10-12-17(13-11-16)15(2)24-25-19-14-20(26-3)23-21(22-19)18-8-6-5-7-9-18/h5-14H,4H2,1-3H3,(H,22,23,25)/b24-15+. The molecule has 0 fully saturated rings. The van der Waals surface area contributed by atoms with Gasteiger partial charge in [0.05, 0.1) is 12.8 Å². The van der Waals surface area contributed by atoms with E-state index in [4.69, 9.17) is 4.74 Å². The molecule has 26 heavy (non-hydrogen) atoms. The summed E-state index contributed by atoms with van der Waals surface area (Å²) in [6, 6.07) is 19.9. The highest BCUT2D eigenvalue weighted by atomic mass is 16.5. The fraction of sp³-hybridized carbons (Fsp3) is 0.190. The molecule has 0 amide bonds. The molecular weight excluding hydrogens is 324 g/mol. The van der Waals surface area contributed by atoms with Gasteiger partial charge in [-0.05, 0) is 24.5 Å². The Bertz CT molecular complexity index is 890. The van der Waals surface area contributed by atoms with Crippen molar-refractivity contribution in [2.24, 2.45) is 5.10 Å². The first-order valence-corrected chi connectivity index (χ1v) is 8.57. The van der Waals surface area contributed by atoms with Gasteiger partial charge in [-0.25, -0.2) is 4.98 Å². The molecule has 0 saturated carbocycles. The topological polar surface area (TPSA) is 59.4 Å². The van der Waals surface area contributed by atoms with Crippen LogP contribution in [0, 0.1) is 0 Å². The fourth-order valence-electron chi connectivity index (χ4n) is 2.49. The molecule has 0 spiro atoms. The molecule has 1 aromatic heterocycles. The number of aromatic nitrogens is 2. The number of nitrogens with one attached hydrogen (secondary N) is 1. The van der Waals surface area contributed by atoms with Crippen molar-refractivity contribution in [2.75, 3.05) is 12.5 Å². The summed E-state index contributed by atoms with van der Waals surface area (Å²) in [6.07, 6.45) is 1.03. The maximum absolute atomic E-state index is 5.29. The zero-order valence-electron chi connectivity index (χ0n) is 15.2. The molecule has 1 N–H and O–H groups in total. The molecular formula is C21H22N4O. The lowest BCUT2D eigenvalue weighted by atomic mass is 10.1. The Labute approximate surface area is 153 Å². The van der Waals surface area contributed by atoms with Gasteiger partial charge in [0.25, 0.3) is 0 Å². The van der Waals surface area contributed by atoms with Gasteiger partial charge in [0, 0.05) is 11.6 Å². The highest BCUT2D eigenvalue weighted by Crippen LogP contribution is 2.21. The molecule has 0 aliphatic heterocycles. The number of hydrogen-bond donors (Lipinski definition) is 1. The number of hydrazone groups is 1. The summed E-state index contributed by atoms with van der Waals surface area (Å²) in [7, 11) is 1.59. The molecule has 1 heterocycles. The Morgan fingerprint density at radius 1 is 1.04 bits per heavy atom. The number of ether oxygens (including phenoxy) is 1. The van der Waals surface area contributed by atoms with Crippen molar-refractivity contribution in [3.63, 3.8) is 0 Å². The van der Waals surface area contributed by atoms with Crippen molar-refractivity contribution in [3.8, 4) is 17.3 Å². The lowest BCUT2D eigenvalue weighted by Crippen LogP contribution is -2.03. The summed E-state index contributed by atoms with van der Waals surface area (Å²) in [5, 5.41) is 4.45. The Kier molecular flexibility index (Phi) is 5.59. The van der Waals surface area contributed by atoms with Crippen molar-refractivity contribution >= 4 is 11.5 Å². The van der Waals surface area contributed by atoms with Gasteiger partial charge in [0.2, 0.25) is 5.88 Å². The zero-order valence-corrected chi connectivity index (χ0v) is 15.2.